The Kier molecular flexibility index (Phi) is 7.73. The fraction of sp³-hybridized carbons (Fsp3) is 0.375. The maximum Gasteiger partial charge on any atom is 0.487 e. The monoisotopic (exact) mass is 693 g/mol. The van der Waals surface area contributed by atoms with Crippen molar-refractivity contribution in [1.29, 1.82) is 0 Å². The minimum atomic E-state index is -4.89. The summed E-state index contributed by atoms with van der Waals surface area (Å²) in [6.07, 6.45) is 0.631. The van der Waals surface area contributed by atoms with Crippen molar-refractivity contribution in [1.82, 2.24) is 9.72 Å². The van der Waals surface area contributed by atoms with E-state index in [4.69, 9.17) is 44.3 Å². The van der Waals surface area contributed by atoms with Gasteiger partial charge in [-0.25, -0.2) is 0 Å². The normalized spacial score (nSPS) is 24.3. The Morgan fingerprint density at radius 1 is 1.11 bits per heavy atom. The maximum absolute atomic E-state index is 14.6. The van der Waals surface area contributed by atoms with Gasteiger partial charge in [-0.3, -0.25) is 4.79 Å². The van der Waals surface area contributed by atoms with E-state index in [0.717, 1.165) is 23.2 Å². The van der Waals surface area contributed by atoms with E-state index in [2.05, 4.69) is 23.5 Å². The molecular formula is C32H30BCl3F3N3O4. The van der Waals surface area contributed by atoms with Gasteiger partial charge in [0.05, 0.1) is 49.4 Å². The summed E-state index contributed by atoms with van der Waals surface area (Å²) in [6.45, 7) is 9.68. The second-order valence-electron chi connectivity index (χ2n) is 13.1. The summed E-state index contributed by atoms with van der Waals surface area (Å²) in [4.78, 5) is 18.9. The third-order valence-corrected chi connectivity index (χ3v) is 10.9. The number of carbonyl (C=O) groups excluding carboxylic acids is 1. The smallest absolute Gasteiger partial charge is 0.423 e. The summed E-state index contributed by atoms with van der Waals surface area (Å²) in [5.41, 5.74) is -2.34. The molecule has 1 aromatic carbocycles. The van der Waals surface area contributed by atoms with Gasteiger partial charge in [0.2, 0.25) is 0 Å². The van der Waals surface area contributed by atoms with Crippen LogP contribution < -0.4 is 5.32 Å². The molecule has 1 fully saturated rings. The van der Waals surface area contributed by atoms with Crippen molar-refractivity contribution in [2.75, 3.05) is 0 Å². The van der Waals surface area contributed by atoms with Crippen LogP contribution in [0.1, 0.15) is 69.1 Å². The van der Waals surface area contributed by atoms with Gasteiger partial charge in [0.15, 0.2) is 0 Å². The number of halogens is 6. The molecule has 0 spiro atoms. The highest BCUT2D eigenvalue weighted by molar-refractivity contribution is 6.54. The number of fused-ring (bicyclic) bond motifs is 2. The van der Waals surface area contributed by atoms with Gasteiger partial charge in [0.1, 0.15) is 5.71 Å². The minimum absolute atomic E-state index is 0.00954. The number of hydrogen-bond acceptors (Lipinski definition) is 5. The molecule has 3 aliphatic rings. The van der Waals surface area contributed by atoms with Crippen LogP contribution in [0.3, 0.4) is 0 Å². The third-order valence-electron chi connectivity index (χ3n) is 9.70. The molecule has 0 saturated carbocycles. The van der Waals surface area contributed by atoms with Crippen molar-refractivity contribution in [3.05, 3.63) is 97.7 Å². The van der Waals surface area contributed by atoms with Crippen LogP contribution in [-0.4, -0.2) is 45.5 Å². The zero-order chi connectivity index (χ0) is 33.6. The molecule has 1 amide bonds. The van der Waals surface area contributed by atoms with E-state index >= 15 is 0 Å². The fourth-order valence-corrected chi connectivity index (χ4v) is 7.08. The summed E-state index contributed by atoms with van der Waals surface area (Å²) in [7, 11) is -1.05. The van der Waals surface area contributed by atoms with Crippen LogP contribution in [-0.2, 0) is 15.1 Å². The van der Waals surface area contributed by atoms with Crippen molar-refractivity contribution >= 4 is 59.1 Å². The molecular weight excluding hydrogens is 665 g/mol. The first kappa shape index (κ1) is 33.0. The van der Waals surface area contributed by atoms with Crippen LogP contribution in [0.5, 0.6) is 0 Å². The number of oxime groups is 1. The van der Waals surface area contributed by atoms with Gasteiger partial charge in [-0.15, -0.1) is 0 Å². The quantitative estimate of drug-likeness (QED) is 0.209. The van der Waals surface area contributed by atoms with Crippen LogP contribution in [0, 0.1) is 5.41 Å². The molecule has 4 heterocycles. The average Bonchev–Trinajstić information content (AvgIpc) is 3.67. The third kappa shape index (κ3) is 4.97. The second-order valence-corrected chi connectivity index (χ2v) is 14.3. The largest absolute Gasteiger partial charge is 0.487 e. The van der Waals surface area contributed by atoms with Crippen molar-refractivity contribution in [3.8, 4) is 0 Å². The molecule has 242 valence electrons. The topological polar surface area (TPSA) is 84.6 Å². The van der Waals surface area contributed by atoms with Crippen LogP contribution >= 0.6 is 34.8 Å². The first-order valence-corrected chi connectivity index (χ1v) is 15.6. The SMILES string of the molecule is CC(C)(NC(=O)c1ccc(C2=NOC(c3cc(Cl)c(Cl)c(Cl)c3)(C(F)(F)F)C2)n2cccc12)C1=CCC2(C)C(=C1)B(O)OC2(C)C. The lowest BCUT2D eigenvalue weighted by atomic mass is 9.58. The van der Waals surface area contributed by atoms with Gasteiger partial charge in [0, 0.05) is 17.2 Å². The Bertz CT molecular complexity index is 1860. The number of benzene rings is 1. The zero-order valence-corrected chi connectivity index (χ0v) is 27.8. The molecule has 46 heavy (non-hydrogen) atoms. The number of alkyl halides is 3. The Morgan fingerprint density at radius 2 is 1.78 bits per heavy atom. The lowest BCUT2D eigenvalue weighted by Gasteiger charge is -2.41. The molecule has 0 radical (unpaired) electrons. The highest BCUT2D eigenvalue weighted by atomic mass is 35.5. The molecule has 6 rings (SSSR count). The molecule has 3 aromatic rings. The first-order valence-electron chi connectivity index (χ1n) is 14.5. The molecule has 2 aliphatic heterocycles. The minimum Gasteiger partial charge on any atom is -0.423 e. The molecule has 0 bridgehead atoms. The van der Waals surface area contributed by atoms with E-state index in [0.29, 0.717) is 23.2 Å². The van der Waals surface area contributed by atoms with Gasteiger partial charge in [-0.2, -0.15) is 13.2 Å². The van der Waals surface area contributed by atoms with E-state index in [-0.39, 0.29) is 26.3 Å². The molecule has 14 heteroatoms. The van der Waals surface area contributed by atoms with Gasteiger partial charge in [-0.05, 0) is 81.6 Å². The molecule has 2 atom stereocenters. The number of rotatable bonds is 5. The van der Waals surface area contributed by atoms with E-state index < -0.39 is 47.8 Å². The number of allylic oxidation sites excluding steroid dienone is 1. The van der Waals surface area contributed by atoms with E-state index in [9.17, 15) is 23.0 Å². The van der Waals surface area contributed by atoms with Crippen molar-refractivity contribution in [2.45, 2.75) is 70.4 Å². The van der Waals surface area contributed by atoms with Crippen LogP contribution in [0.25, 0.3) is 5.52 Å². The van der Waals surface area contributed by atoms with Crippen molar-refractivity contribution < 1.29 is 32.5 Å². The molecule has 2 aromatic heterocycles. The Hall–Kier alpha value is -2.96. The number of aromatic nitrogens is 1. The second kappa shape index (κ2) is 10.8. The van der Waals surface area contributed by atoms with Crippen LogP contribution in [0.2, 0.25) is 15.1 Å². The van der Waals surface area contributed by atoms with Gasteiger partial charge < -0.3 is 24.2 Å². The summed E-state index contributed by atoms with van der Waals surface area (Å²) < 4.78 is 51.3. The molecule has 7 nitrogen and oxygen atoms in total. The lowest BCUT2D eigenvalue weighted by molar-refractivity contribution is -0.275. The van der Waals surface area contributed by atoms with Gasteiger partial charge in [-0.1, -0.05) is 59.0 Å². The van der Waals surface area contributed by atoms with Gasteiger partial charge in [0.25, 0.3) is 11.5 Å². The zero-order valence-electron chi connectivity index (χ0n) is 25.5. The molecule has 1 aliphatic carbocycles. The highest BCUT2D eigenvalue weighted by Crippen LogP contribution is 2.54. The predicted molar refractivity (Wildman–Crippen MR) is 172 cm³/mol. The number of nitrogens with zero attached hydrogens (tertiary/aromatic N) is 2. The maximum atomic E-state index is 14.6. The highest BCUT2D eigenvalue weighted by Gasteiger charge is 2.63. The van der Waals surface area contributed by atoms with E-state index in [1.165, 1.54) is 6.07 Å². The number of carbonyl (C=O) groups is 1. The summed E-state index contributed by atoms with van der Waals surface area (Å²) in [5.74, 6) is -0.392. The standard InChI is InChI=1S/C32H30BCl3F3N3O4/c1-28(2,17-10-11-30(5)25(15-17)33(44)45-29(30,3)4)40-27(43)19-8-9-24(42-12-6-7-23(19)42)22-16-31(46-41-22,32(37,38)39)18-13-20(34)26(36)21(35)14-18/h6-10,12-15,44H,11,16H2,1-5H3,(H,40,43). The number of pyridine rings is 1. The predicted octanol–water partition coefficient (Wildman–Crippen LogP) is 8.08. The number of hydrogen-bond donors (Lipinski definition) is 2. The van der Waals surface area contributed by atoms with Crippen LogP contribution in [0.4, 0.5) is 13.2 Å². The number of amides is 1. The summed E-state index contributed by atoms with van der Waals surface area (Å²) in [5, 5.41) is 17.2. The van der Waals surface area contributed by atoms with Crippen molar-refractivity contribution in [2.24, 2.45) is 10.6 Å². The molecule has 1 saturated heterocycles. The Morgan fingerprint density at radius 3 is 2.43 bits per heavy atom. The summed E-state index contributed by atoms with van der Waals surface area (Å²) >= 11 is 18.1. The van der Waals surface area contributed by atoms with Crippen molar-refractivity contribution in [3.63, 3.8) is 0 Å². The van der Waals surface area contributed by atoms with Gasteiger partial charge >= 0.3 is 13.3 Å². The molecule has 2 unspecified atom stereocenters. The molecule has 2 N–H and O–H groups in total. The first-order chi connectivity index (χ1) is 21.3. The van der Waals surface area contributed by atoms with E-state index in [1.807, 2.05) is 33.8 Å². The summed E-state index contributed by atoms with van der Waals surface area (Å²) in [6, 6.07) is 8.60. The lowest BCUT2D eigenvalue weighted by Crippen LogP contribution is -2.46. The van der Waals surface area contributed by atoms with E-state index in [1.54, 1.807) is 28.8 Å². The Labute approximate surface area is 279 Å². The average molecular weight is 695 g/mol. The number of nitrogens with one attached hydrogen (secondary N) is 1. The van der Waals surface area contributed by atoms with Crippen LogP contribution in [0.15, 0.2) is 70.9 Å². The fourth-order valence-electron chi connectivity index (χ4n) is 6.48. The Balaban J connectivity index is 1.29.